The number of aryl methyl sites for hydroxylation is 2. The van der Waals surface area contributed by atoms with Crippen molar-refractivity contribution in [2.24, 2.45) is 0 Å². The SMILES string of the molecule is Cc1c(C(=O)O)oc2ccc(NC(=O)CCCCc3ccccc3)cc12. The number of carboxylic acids is 1. The van der Waals surface area contributed by atoms with Crippen molar-refractivity contribution in [3.63, 3.8) is 0 Å². The van der Waals surface area contributed by atoms with Gasteiger partial charge in [-0.15, -0.1) is 0 Å². The zero-order chi connectivity index (χ0) is 18.5. The van der Waals surface area contributed by atoms with Gasteiger partial charge < -0.3 is 14.8 Å². The molecule has 1 amide bonds. The van der Waals surface area contributed by atoms with Crippen molar-refractivity contribution in [1.82, 2.24) is 0 Å². The van der Waals surface area contributed by atoms with Gasteiger partial charge in [0.15, 0.2) is 0 Å². The molecular weight excluding hydrogens is 330 g/mol. The van der Waals surface area contributed by atoms with E-state index in [4.69, 9.17) is 9.52 Å². The summed E-state index contributed by atoms with van der Waals surface area (Å²) < 4.78 is 5.33. The summed E-state index contributed by atoms with van der Waals surface area (Å²) in [5, 5.41) is 12.7. The van der Waals surface area contributed by atoms with Gasteiger partial charge in [0.2, 0.25) is 11.7 Å². The van der Waals surface area contributed by atoms with Crippen LogP contribution in [0.3, 0.4) is 0 Å². The first-order chi connectivity index (χ1) is 12.5. The van der Waals surface area contributed by atoms with Gasteiger partial charge in [-0.2, -0.15) is 0 Å². The van der Waals surface area contributed by atoms with E-state index in [1.54, 1.807) is 25.1 Å². The molecule has 0 saturated carbocycles. The minimum absolute atomic E-state index is 0.0444. The van der Waals surface area contributed by atoms with Crippen molar-refractivity contribution in [3.8, 4) is 0 Å². The van der Waals surface area contributed by atoms with Gasteiger partial charge in [-0.25, -0.2) is 4.79 Å². The number of furan rings is 1. The average molecular weight is 351 g/mol. The Bertz CT molecular complexity index is 928. The summed E-state index contributed by atoms with van der Waals surface area (Å²) in [6.07, 6.45) is 3.19. The fraction of sp³-hybridized carbons (Fsp3) is 0.238. The molecule has 3 aromatic rings. The molecule has 3 rings (SSSR count). The second kappa shape index (κ2) is 7.87. The number of hydrogen-bond donors (Lipinski definition) is 2. The fourth-order valence-corrected chi connectivity index (χ4v) is 2.99. The monoisotopic (exact) mass is 351 g/mol. The number of carboxylic acid groups (broad SMARTS) is 1. The van der Waals surface area contributed by atoms with Gasteiger partial charge >= 0.3 is 5.97 Å². The quantitative estimate of drug-likeness (QED) is 0.600. The number of nitrogens with one attached hydrogen (secondary N) is 1. The standard InChI is InChI=1S/C21H21NO4/c1-14-17-13-16(11-12-18(17)26-20(14)21(24)25)22-19(23)10-6-5-9-15-7-3-2-4-8-15/h2-4,7-8,11-13H,5-6,9-10H2,1H3,(H,22,23)(H,24,25). The molecule has 0 bridgehead atoms. The fourth-order valence-electron chi connectivity index (χ4n) is 2.99. The Morgan fingerprint density at radius 1 is 1.08 bits per heavy atom. The van der Waals surface area contributed by atoms with Crippen LogP contribution in [-0.4, -0.2) is 17.0 Å². The molecule has 0 unspecified atom stereocenters. The highest BCUT2D eigenvalue weighted by Crippen LogP contribution is 2.28. The van der Waals surface area contributed by atoms with E-state index < -0.39 is 5.97 Å². The lowest BCUT2D eigenvalue weighted by molar-refractivity contribution is -0.116. The van der Waals surface area contributed by atoms with E-state index in [-0.39, 0.29) is 11.7 Å². The smallest absolute Gasteiger partial charge is 0.372 e. The highest BCUT2D eigenvalue weighted by molar-refractivity contribution is 5.98. The van der Waals surface area contributed by atoms with Crippen LogP contribution in [0, 0.1) is 6.92 Å². The zero-order valence-electron chi connectivity index (χ0n) is 14.6. The predicted molar refractivity (Wildman–Crippen MR) is 101 cm³/mol. The Hall–Kier alpha value is -3.08. The highest BCUT2D eigenvalue weighted by Gasteiger charge is 2.17. The van der Waals surface area contributed by atoms with E-state index in [0.29, 0.717) is 28.6 Å². The van der Waals surface area contributed by atoms with Crippen LogP contribution in [-0.2, 0) is 11.2 Å². The first-order valence-electron chi connectivity index (χ1n) is 8.65. The van der Waals surface area contributed by atoms with Crippen LogP contribution in [0.4, 0.5) is 5.69 Å². The number of benzene rings is 2. The molecule has 2 aromatic carbocycles. The summed E-state index contributed by atoms with van der Waals surface area (Å²) in [5.41, 5.74) is 2.99. The number of amides is 1. The van der Waals surface area contributed by atoms with Gasteiger partial charge in [0.25, 0.3) is 0 Å². The molecule has 26 heavy (non-hydrogen) atoms. The summed E-state index contributed by atoms with van der Waals surface area (Å²) in [7, 11) is 0. The van der Waals surface area contributed by atoms with Crippen molar-refractivity contribution >= 4 is 28.5 Å². The highest BCUT2D eigenvalue weighted by atomic mass is 16.4. The van der Waals surface area contributed by atoms with Crippen molar-refractivity contribution in [2.75, 3.05) is 5.32 Å². The average Bonchev–Trinajstić information content (AvgIpc) is 2.96. The molecule has 2 N–H and O–H groups in total. The summed E-state index contributed by atoms with van der Waals surface area (Å²) in [4.78, 5) is 23.3. The summed E-state index contributed by atoms with van der Waals surface area (Å²) >= 11 is 0. The third kappa shape index (κ3) is 4.11. The summed E-state index contributed by atoms with van der Waals surface area (Å²) in [6, 6.07) is 15.4. The molecule has 5 nitrogen and oxygen atoms in total. The number of fused-ring (bicyclic) bond motifs is 1. The lowest BCUT2D eigenvalue weighted by atomic mass is 10.1. The number of carbonyl (C=O) groups is 2. The third-order valence-corrected chi connectivity index (χ3v) is 4.38. The molecule has 0 atom stereocenters. The van der Waals surface area contributed by atoms with Crippen LogP contribution in [0.1, 0.15) is 40.9 Å². The normalized spacial score (nSPS) is 10.8. The van der Waals surface area contributed by atoms with Gasteiger partial charge in [-0.1, -0.05) is 30.3 Å². The van der Waals surface area contributed by atoms with Crippen LogP contribution >= 0.6 is 0 Å². The van der Waals surface area contributed by atoms with E-state index in [1.165, 1.54) is 5.56 Å². The van der Waals surface area contributed by atoms with E-state index >= 15 is 0 Å². The number of anilines is 1. The topological polar surface area (TPSA) is 79.5 Å². The Morgan fingerprint density at radius 3 is 2.58 bits per heavy atom. The van der Waals surface area contributed by atoms with Gasteiger partial charge in [0.1, 0.15) is 5.58 Å². The van der Waals surface area contributed by atoms with E-state index in [0.717, 1.165) is 19.3 Å². The van der Waals surface area contributed by atoms with Crippen molar-refractivity contribution in [1.29, 1.82) is 0 Å². The first-order valence-corrected chi connectivity index (χ1v) is 8.65. The molecule has 0 aliphatic rings. The second-order valence-electron chi connectivity index (χ2n) is 6.31. The van der Waals surface area contributed by atoms with Crippen LogP contribution < -0.4 is 5.32 Å². The molecule has 0 spiro atoms. The number of rotatable bonds is 7. The predicted octanol–water partition coefficient (Wildman–Crippen LogP) is 4.79. The molecule has 0 saturated heterocycles. The zero-order valence-corrected chi connectivity index (χ0v) is 14.6. The van der Waals surface area contributed by atoms with E-state index in [9.17, 15) is 9.59 Å². The Labute approximate surface area is 151 Å². The van der Waals surface area contributed by atoms with Crippen LogP contribution in [0.15, 0.2) is 52.9 Å². The van der Waals surface area contributed by atoms with Gasteiger partial charge in [-0.3, -0.25) is 4.79 Å². The molecule has 1 aromatic heterocycles. The molecular formula is C21H21NO4. The van der Waals surface area contributed by atoms with Crippen LogP contribution in [0.2, 0.25) is 0 Å². The van der Waals surface area contributed by atoms with Crippen molar-refractivity contribution < 1.29 is 19.1 Å². The van der Waals surface area contributed by atoms with E-state index in [1.807, 2.05) is 18.2 Å². The summed E-state index contributed by atoms with van der Waals surface area (Å²) in [5.74, 6) is -1.20. The maximum atomic E-state index is 12.1. The van der Waals surface area contributed by atoms with E-state index in [2.05, 4.69) is 17.4 Å². The second-order valence-corrected chi connectivity index (χ2v) is 6.31. The Morgan fingerprint density at radius 2 is 1.85 bits per heavy atom. The molecule has 5 heteroatoms. The molecule has 0 radical (unpaired) electrons. The maximum Gasteiger partial charge on any atom is 0.372 e. The summed E-state index contributed by atoms with van der Waals surface area (Å²) in [6.45, 7) is 1.70. The number of hydrogen-bond acceptors (Lipinski definition) is 3. The third-order valence-electron chi connectivity index (χ3n) is 4.38. The Balaban J connectivity index is 1.55. The van der Waals surface area contributed by atoms with Gasteiger partial charge in [-0.05, 0) is 49.9 Å². The van der Waals surface area contributed by atoms with Gasteiger partial charge in [0.05, 0.1) is 0 Å². The first kappa shape index (κ1) is 17.7. The minimum Gasteiger partial charge on any atom is -0.475 e. The molecule has 0 aliphatic heterocycles. The van der Waals surface area contributed by atoms with Crippen molar-refractivity contribution in [3.05, 3.63) is 65.4 Å². The van der Waals surface area contributed by atoms with Crippen molar-refractivity contribution in [2.45, 2.75) is 32.6 Å². The Kier molecular flexibility index (Phi) is 5.37. The molecule has 0 fully saturated rings. The lowest BCUT2D eigenvalue weighted by Crippen LogP contribution is -2.11. The minimum atomic E-state index is -1.09. The number of carbonyl (C=O) groups excluding carboxylic acids is 1. The number of aromatic carboxylic acids is 1. The lowest BCUT2D eigenvalue weighted by Gasteiger charge is -2.06. The van der Waals surface area contributed by atoms with Gasteiger partial charge in [0, 0.05) is 23.1 Å². The molecule has 0 aliphatic carbocycles. The molecule has 1 heterocycles. The van der Waals surface area contributed by atoms with Crippen LogP contribution in [0.25, 0.3) is 11.0 Å². The maximum absolute atomic E-state index is 12.1. The molecule has 134 valence electrons. The number of unbranched alkanes of at least 4 members (excludes halogenated alkanes) is 1. The van der Waals surface area contributed by atoms with Crippen LogP contribution in [0.5, 0.6) is 0 Å². The largest absolute Gasteiger partial charge is 0.475 e.